The molecule has 0 bridgehead atoms. The summed E-state index contributed by atoms with van der Waals surface area (Å²) >= 11 is 0. The van der Waals surface area contributed by atoms with Crippen molar-refractivity contribution in [1.29, 1.82) is 0 Å². The average molecular weight is 379 g/mol. The molecule has 0 spiro atoms. The number of pyridine rings is 1. The lowest BCUT2D eigenvalue weighted by molar-refractivity contribution is 0.0587. The zero-order valence-electron chi connectivity index (χ0n) is 14.7. The third-order valence-corrected chi connectivity index (χ3v) is 5.57. The number of furan rings is 1. The van der Waals surface area contributed by atoms with Crippen molar-refractivity contribution < 1.29 is 22.4 Å². The van der Waals surface area contributed by atoms with Gasteiger partial charge in [0.2, 0.25) is 15.9 Å². The normalized spacial score (nSPS) is 15.7. The number of carbonyl (C=O) groups excluding carboxylic acids is 1. The molecule has 3 heterocycles. The summed E-state index contributed by atoms with van der Waals surface area (Å²) in [4.78, 5) is 18.2. The Morgan fingerprint density at radius 1 is 1.31 bits per heavy atom. The Morgan fingerprint density at radius 2 is 2.04 bits per heavy atom. The maximum absolute atomic E-state index is 12.3. The number of sulfonamides is 1. The highest BCUT2D eigenvalue weighted by molar-refractivity contribution is 7.92. The maximum Gasteiger partial charge on any atom is 0.257 e. The fraction of sp³-hybridized carbons (Fsp3) is 0.412. The van der Waals surface area contributed by atoms with Crippen molar-refractivity contribution in [3.63, 3.8) is 0 Å². The first-order valence-electron chi connectivity index (χ1n) is 8.22. The highest BCUT2D eigenvalue weighted by Gasteiger charge is 2.25. The molecule has 0 radical (unpaired) electrons. The number of hydrogen-bond donors (Lipinski definition) is 0. The number of amides is 1. The second kappa shape index (κ2) is 7.36. The molecule has 8 nitrogen and oxygen atoms in total. The van der Waals surface area contributed by atoms with Gasteiger partial charge in [0.15, 0.2) is 0 Å². The number of rotatable bonds is 5. The molecule has 1 fully saturated rings. The Labute approximate surface area is 152 Å². The van der Waals surface area contributed by atoms with Crippen LogP contribution < -0.4 is 9.04 Å². The van der Waals surface area contributed by atoms with E-state index in [0.29, 0.717) is 43.1 Å². The van der Waals surface area contributed by atoms with E-state index in [4.69, 9.17) is 9.15 Å². The predicted octanol–water partition coefficient (Wildman–Crippen LogP) is 1.75. The fourth-order valence-corrected chi connectivity index (χ4v) is 3.23. The average Bonchev–Trinajstić information content (AvgIpc) is 3.16. The summed E-state index contributed by atoms with van der Waals surface area (Å²) in [6, 6.07) is 4.96. The van der Waals surface area contributed by atoms with Crippen molar-refractivity contribution in [3.8, 4) is 5.88 Å². The SMILES string of the molecule is CN(c1ccc(OC2CCN(C(=O)c3ccoc3)CC2)nc1)S(C)(=O)=O. The number of hydrogen-bond acceptors (Lipinski definition) is 6. The number of carbonyl (C=O) groups is 1. The highest BCUT2D eigenvalue weighted by atomic mass is 32.2. The van der Waals surface area contributed by atoms with Crippen LogP contribution in [0.3, 0.4) is 0 Å². The smallest absolute Gasteiger partial charge is 0.257 e. The molecule has 0 aromatic carbocycles. The Morgan fingerprint density at radius 3 is 2.58 bits per heavy atom. The molecule has 2 aromatic rings. The third-order valence-electron chi connectivity index (χ3n) is 4.37. The van der Waals surface area contributed by atoms with E-state index in [2.05, 4.69) is 4.98 Å². The van der Waals surface area contributed by atoms with Gasteiger partial charge >= 0.3 is 0 Å². The molecule has 0 atom stereocenters. The lowest BCUT2D eigenvalue weighted by Crippen LogP contribution is -2.41. The van der Waals surface area contributed by atoms with E-state index < -0.39 is 10.0 Å². The van der Waals surface area contributed by atoms with Gasteiger partial charge in [0, 0.05) is 39.0 Å². The van der Waals surface area contributed by atoms with E-state index in [-0.39, 0.29) is 12.0 Å². The van der Waals surface area contributed by atoms with Crippen LogP contribution in [-0.2, 0) is 10.0 Å². The van der Waals surface area contributed by atoms with Crippen molar-refractivity contribution in [2.75, 3.05) is 30.7 Å². The van der Waals surface area contributed by atoms with Crippen LogP contribution in [-0.4, -0.2) is 56.7 Å². The third kappa shape index (κ3) is 4.16. The number of nitrogens with zero attached hydrogens (tertiary/aromatic N) is 3. The van der Waals surface area contributed by atoms with Crippen LogP contribution in [0.25, 0.3) is 0 Å². The summed E-state index contributed by atoms with van der Waals surface area (Å²) in [6.07, 6.45) is 6.91. The van der Waals surface area contributed by atoms with E-state index in [1.807, 2.05) is 0 Å². The van der Waals surface area contributed by atoms with Gasteiger partial charge in [-0.15, -0.1) is 0 Å². The summed E-state index contributed by atoms with van der Waals surface area (Å²) in [6.45, 7) is 1.20. The van der Waals surface area contributed by atoms with E-state index in [9.17, 15) is 13.2 Å². The van der Waals surface area contributed by atoms with Crippen LogP contribution >= 0.6 is 0 Å². The molecule has 0 saturated carbocycles. The quantitative estimate of drug-likeness (QED) is 0.786. The Kier molecular flexibility index (Phi) is 5.17. The molecule has 1 saturated heterocycles. The summed E-state index contributed by atoms with van der Waals surface area (Å²) in [5, 5.41) is 0. The summed E-state index contributed by atoms with van der Waals surface area (Å²) in [5.74, 6) is 0.402. The zero-order chi connectivity index (χ0) is 18.7. The van der Waals surface area contributed by atoms with Gasteiger partial charge in [0.25, 0.3) is 5.91 Å². The van der Waals surface area contributed by atoms with Crippen LogP contribution in [0.5, 0.6) is 5.88 Å². The van der Waals surface area contributed by atoms with Crippen LogP contribution in [0.1, 0.15) is 23.2 Å². The molecule has 26 heavy (non-hydrogen) atoms. The second-order valence-corrected chi connectivity index (χ2v) is 8.22. The summed E-state index contributed by atoms with van der Waals surface area (Å²) < 4.78 is 35.0. The number of likely N-dealkylation sites (tertiary alicyclic amines) is 1. The molecule has 3 rings (SSSR count). The molecular formula is C17H21N3O5S. The minimum Gasteiger partial charge on any atom is -0.474 e. The van der Waals surface area contributed by atoms with Crippen LogP contribution in [0.4, 0.5) is 5.69 Å². The van der Waals surface area contributed by atoms with Gasteiger partial charge in [-0.2, -0.15) is 0 Å². The van der Waals surface area contributed by atoms with Crippen LogP contribution in [0.2, 0.25) is 0 Å². The zero-order valence-corrected chi connectivity index (χ0v) is 15.5. The molecule has 9 heteroatoms. The molecule has 140 valence electrons. The van der Waals surface area contributed by atoms with Crippen molar-refractivity contribution in [2.45, 2.75) is 18.9 Å². The van der Waals surface area contributed by atoms with Crippen LogP contribution in [0, 0.1) is 0 Å². The molecule has 1 aliphatic heterocycles. The van der Waals surface area contributed by atoms with E-state index >= 15 is 0 Å². The van der Waals surface area contributed by atoms with Gasteiger partial charge in [0.05, 0.1) is 30.0 Å². The highest BCUT2D eigenvalue weighted by Crippen LogP contribution is 2.21. The van der Waals surface area contributed by atoms with Gasteiger partial charge < -0.3 is 14.1 Å². The van der Waals surface area contributed by atoms with Gasteiger partial charge in [-0.05, 0) is 12.1 Å². The monoisotopic (exact) mass is 379 g/mol. The predicted molar refractivity (Wildman–Crippen MR) is 95.7 cm³/mol. The number of ether oxygens (including phenoxy) is 1. The first-order valence-corrected chi connectivity index (χ1v) is 10.1. The summed E-state index contributed by atoms with van der Waals surface area (Å²) in [7, 11) is -1.85. The Balaban J connectivity index is 1.54. The number of anilines is 1. The molecule has 1 amide bonds. The fourth-order valence-electron chi connectivity index (χ4n) is 2.74. The van der Waals surface area contributed by atoms with Gasteiger partial charge in [-0.1, -0.05) is 0 Å². The molecule has 0 aliphatic carbocycles. The van der Waals surface area contributed by atoms with Gasteiger partial charge in [0.1, 0.15) is 12.4 Å². The van der Waals surface area contributed by atoms with Crippen LogP contribution in [0.15, 0.2) is 41.3 Å². The van der Waals surface area contributed by atoms with Crippen molar-refractivity contribution in [1.82, 2.24) is 9.88 Å². The molecule has 1 aliphatic rings. The van der Waals surface area contributed by atoms with Crippen molar-refractivity contribution >= 4 is 21.6 Å². The van der Waals surface area contributed by atoms with E-state index in [0.717, 1.165) is 10.6 Å². The second-order valence-electron chi connectivity index (χ2n) is 6.21. The Hall–Kier alpha value is -2.55. The summed E-state index contributed by atoms with van der Waals surface area (Å²) in [5.41, 5.74) is 1.02. The lowest BCUT2D eigenvalue weighted by Gasteiger charge is -2.31. The first kappa shape index (κ1) is 18.2. The number of piperidine rings is 1. The topological polar surface area (TPSA) is 92.9 Å². The minimum atomic E-state index is -3.32. The van der Waals surface area contributed by atoms with Crippen molar-refractivity contribution in [3.05, 3.63) is 42.5 Å². The molecular weight excluding hydrogens is 358 g/mol. The number of aromatic nitrogens is 1. The van der Waals surface area contributed by atoms with Gasteiger partial charge in [-0.25, -0.2) is 13.4 Å². The molecule has 0 unspecified atom stereocenters. The molecule has 2 aromatic heterocycles. The maximum atomic E-state index is 12.3. The lowest BCUT2D eigenvalue weighted by atomic mass is 10.1. The molecule has 0 N–H and O–H groups in total. The first-order chi connectivity index (χ1) is 12.3. The van der Waals surface area contributed by atoms with E-state index in [1.54, 1.807) is 23.1 Å². The Bertz CT molecular complexity index is 841. The largest absolute Gasteiger partial charge is 0.474 e. The van der Waals surface area contributed by atoms with Crippen molar-refractivity contribution in [2.24, 2.45) is 0 Å². The standard InChI is InChI=1S/C17H21N3O5S/c1-19(26(2,22)23)14-3-4-16(18-11-14)25-15-5-8-20(9-6-15)17(21)13-7-10-24-12-13/h3-4,7,10-12,15H,5-6,8-9H2,1-2H3. The minimum absolute atomic E-state index is 0.0330. The van der Waals surface area contributed by atoms with Gasteiger partial charge in [-0.3, -0.25) is 9.10 Å². The van der Waals surface area contributed by atoms with E-state index in [1.165, 1.54) is 25.8 Å².